The van der Waals surface area contributed by atoms with Crippen LogP contribution in [0.25, 0.3) is 88.4 Å². The lowest BCUT2D eigenvalue weighted by atomic mass is 9.99. The topological polar surface area (TPSA) is 23.0 Å². The molecule has 0 atom stereocenters. The summed E-state index contributed by atoms with van der Waals surface area (Å²) in [6, 6.07) is 57.0. The molecule has 0 amide bonds. The molecule has 0 aliphatic carbocycles. The Kier molecular flexibility index (Phi) is 5.32. The van der Waals surface area contributed by atoms with Crippen molar-refractivity contribution in [3.05, 3.63) is 158 Å². The standard InChI is InChI=1S/C44H26N2OS/c1-2-10-28(11-3-1)31-13-8-16-36-41(31)42-33-14-9-19-40-43(33)46(35-15-5-7-18-39(35)48-40)44(42)45(36)30-23-20-27(21-24-30)29-22-25-38-34(26-29)32-12-4-6-17-37(32)47-38/h1-26H. The molecular weight excluding hydrogens is 605 g/mol. The third-order valence-electron chi connectivity index (χ3n) is 9.92. The molecule has 0 saturated carbocycles. The number of nitrogens with zero attached hydrogens (tertiary/aromatic N) is 2. The summed E-state index contributed by atoms with van der Waals surface area (Å²) in [7, 11) is 0. The van der Waals surface area contributed by atoms with Crippen molar-refractivity contribution in [2.24, 2.45) is 0 Å². The number of hydrogen-bond donors (Lipinski definition) is 0. The van der Waals surface area contributed by atoms with Crippen molar-refractivity contribution >= 4 is 66.5 Å². The van der Waals surface area contributed by atoms with E-state index in [9.17, 15) is 0 Å². The molecule has 48 heavy (non-hydrogen) atoms. The average molecular weight is 631 g/mol. The van der Waals surface area contributed by atoms with E-state index in [0.29, 0.717) is 0 Å². The Morgan fingerprint density at radius 3 is 2.10 bits per heavy atom. The predicted molar refractivity (Wildman–Crippen MR) is 200 cm³/mol. The molecule has 0 spiro atoms. The molecule has 0 saturated heterocycles. The van der Waals surface area contributed by atoms with Crippen LogP contribution in [0.5, 0.6) is 0 Å². The Morgan fingerprint density at radius 2 is 1.19 bits per heavy atom. The molecule has 0 bridgehead atoms. The van der Waals surface area contributed by atoms with Crippen molar-refractivity contribution in [1.29, 1.82) is 0 Å². The van der Waals surface area contributed by atoms with E-state index in [1.807, 2.05) is 23.9 Å². The molecule has 4 heterocycles. The zero-order valence-electron chi connectivity index (χ0n) is 25.7. The Balaban J connectivity index is 1.20. The summed E-state index contributed by atoms with van der Waals surface area (Å²) in [5, 5.41) is 6.15. The Labute approximate surface area is 280 Å². The van der Waals surface area contributed by atoms with Crippen LogP contribution < -0.4 is 0 Å². The maximum Gasteiger partial charge on any atom is 0.135 e. The van der Waals surface area contributed by atoms with Gasteiger partial charge in [-0.25, -0.2) is 0 Å². The molecule has 1 aliphatic rings. The molecule has 3 aromatic heterocycles. The van der Waals surface area contributed by atoms with Crippen LogP contribution in [-0.2, 0) is 0 Å². The predicted octanol–water partition coefficient (Wildman–Crippen LogP) is 12.4. The first kappa shape index (κ1) is 26.1. The van der Waals surface area contributed by atoms with Gasteiger partial charge in [0, 0.05) is 42.4 Å². The number of benzene rings is 7. The highest BCUT2D eigenvalue weighted by atomic mass is 32.2. The maximum absolute atomic E-state index is 6.11. The first-order valence-electron chi connectivity index (χ1n) is 16.3. The van der Waals surface area contributed by atoms with Gasteiger partial charge < -0.3 is 4.42 Å². The molecular formula is C44H26N2OS. The van der Waals surface area contributed by atoms with E-state index in [-0.39, 0.29) is 0 Å². The van der Waals surface area contributed by atoms with Crippen LogP contribution in [-0.4, -0.2) is 9.13 Å². The Morgan fingerprint density at radius 1 is 0.458 bits per heavy atom. The van der Waals surface area contributed by atoms with Crippen molar-refractivity contribution in [1.82, 2.24) is 9.13 Å². The molecule has 224 valence electrons. The molecule has 10 aromatic rings. The lowest BCUT2D eigenvalue weighted by Crippen LogP contribution is -2.05. The van der Waals surface area contributed by atoms with Gasteiger partial charge in [-0.15, -0.1) is 0 Å². The van der Waals surface area contributed by atoms with Gasteiger partial charge in [-0.3, -0.25) is 9.13 Å². The van der Waals surface area contributed by atoms with E-state index in [2.05, 4.69) is 155 Å². The second kappa shape index (κ2) is 9.77. The monoisotopic (exact) mass is 630 g/mol. The van der Waals surface area contributed by atoms with Gasteiger partial charge in [0.15, 0.2) is 0 Å². The van der Waals surface area contributed by atoms with Gasteiger partial charge in [0.1, 0.15) is 16.8 Å². The highest BCUT2D eigenvalue weighted by molar-refractivity contribution is 7.99. The summed E-state index contributed by atoms with van der Waals surface area (Å²) < 4.78 is 11.1. The minimum atomic E-state index is 0.916. The summed E-state index contributed by atoms with van der Waals surface area (Å²) in [5.74, 6) is 0. The number of hydrogen-bond acceptors (Lipinski definition) is 2. The van der Waals surface area contributed by atoms with E-state index in [0.717, 1.165) is 27.6 Å². The van der Waals surface area contributed by atoms with Crippen LogP contribution in [0.4, 0.5) is 0 Å². The van der Waals surface area contributed by atoms with Gasteiger partial charge in [-0.1, -0.05) is 115 Å². The number of aromatic nitrogens is 2. The van der Waals surface area contributed by atoms with Crippen LogP contribution in [0, 0.1) is 0 Å². The lowest BCUT2D eigenvalue weighted by Gasteiger charge is -2.21. The number of furan rings is 1. The second-order valence-electron chi connectivity index (χ2n) is 12.5. The summed E-state index contributed by atoms with van der Waals surface area (Å²) in [6.45, 7) is 0. The van der Waals surface area contributed by atoms with E-state index in [1.54, 1.807) is 0 Å². The van der Waals surface area contributed by atoms with E-state index in [4.69, 9.17) is 4.42 Å². The second-order valence-corrected chi connectivity index (χ2v) is 13.6. The first-order valence-corrected chi connectivity index (χ1v) is 17.1. The summed E-state index contributed by atoms with van der Waals surface area (Å²) >= 11 is 1.87. The Bertz CT molecular complexity index is 2910. The molecule has 0 N–H and O–H groups in total. The van der Waals surface area contributed by atoms with E-state index >= 15 is 0 Å². The minimum absolute atomic E-state index is 0.916. The number of rotatable bonds is 3. The van der Waals surface area contributed by atoms with Crippen molar-refractivity contribution in [2.75, 3.05) is 0 Å². The molecule has 7 aromatic carbocycles. The average Bonchev–Trinajstić information content (AvgIpc) is 3.80. The van der Waals surface area contributed by atoms with Crippen LogP contribution in [0.1, 0.15) is 0 Å². The Hall–Kier alpha value is -5.97. The molecule has 3 nitrogen and oxygen atoms in total. The maximum atomic E-state index is 6.11. The van der Waals surface area contributed by atoms with E-state index in [1.165, 1.54) is 70.6 Å². The lowest BCUT2D eigenvalue weighted by molar-refractivity contribution is 0.669. The molecule has 1 aliphatic heterocycles. The normalized spacial score (nSPS) is 12.5. The number of fused-ring (bicyclic) bond motifs is 10. The smallest absolute Gasteiger partial charge is 0.135 e. The summed E-state index contributed by atoms with van der Waals surface area (Å²) in [5.41, 5.74) is 12.7. The fourth-order valence-electron chi connectivity index (χ4n) is 7.85. The van der Waals surface area contributed by atoms with Crippen LogP contribution in [0.2, 0.25) is 0 Å². The van der Waals surface area contributed by atoms with Crippen LogP contribution >= 0.6 is 11.8 Å². The van der Waals surface area contributed by atoms with Crippen molar-refractivity contribution in [2.45, 2.75) is 9.79 Å². The van der Waals surface area contributed by atoms with Crippen LogP contribution in [0.3, 0.4) is 0 Å². The fourth-order valence-corrected chi connectivity index (χ4v) is 8.94. The zero-order chi connectivity index (χ0) is 31.3. The first-order chi connectivity index (χ1) is 23.8. The quantitative estimate of drug-likeness (QED) is 0.194. The largest absolute Gasteiger partial charge is 0.456 e. The van der Waals surface area contributed by atoms with Crippen LogP contribution in [0.15, 0.2) is 172 Å². The third kappa shape index (κ3) is 3.55. The molecule has 11 rings (SSSR count). The van der Waals surface area contributed by atoms with Gasteiger partial charge >= 0.3 is 0 Å². The fraction of sp³-hybridized carbons (Fsp3) is 0. The van der Waals surface area contributed by atoms with Gasteiger partial charge in [-0.2, -0.15) is 0 Å². The SMILES string of the molecule is c1ccc(-c2cccc3c2c2c4cccc5c4n(c2n3-c2ccc(-c3ccc4oc6ccccc6c4c3)cc2)-c2ccccc2S5)cc1. The third-order valence-corrected chi connectivity index (χ3v) is 11.0. The van der Waals surface area contributed by atoms with Gasteiger partial charge in [0.2, 0.25) is 0 Å². The molecule has 0 unspecified atom stereocenters. The van der Waals surface area contributed by atoms with Gasteiger partial charge in [0.25, 0.3) is 0 Å². The summed E-state index contributed by atoms with van der Waals surface area (Å²) in [4.78, 5) is 2.56. The summed E-state index contributed by atoms with van der Waals surface area (Å²) in [6.07, 6.45) is 0. The highest BCUT2D eigenvalue weighted by Crippen LogP contribution is 2.50. The van der Waals surface area contributed by atoms with Crippen molar-refractivity contribution < 1.29 is 4.42 Å². The molecule has 0 fully saturated rings. The number of para-hydroxylation sites is 3. The highest BCUT2D eigenvalue weighted by Gasteiger charge is 2.28. The zero-order valence-corrected chi connectivity index (χ0v) is 26.5. The minimum Gasteiger partial charge on any atom is -0.456 e. The van der Waals surface area contributed by atoms with Gasteiger partial charge in [-0.05, 0) is 76.9 Å². The molecule has 0 radical (unpaired) electrons. The van der Waals surface area contributed by atoms with Crippen molar-refractivity contribution in [3.8, 4) is 33.6 Å². The van der Waals surface area contributed by atoms with Crippen molar-refractivity contribution in [3.63, 3.8) is 0 Å². The molecule has 4 heteroatoms. The van der Waals surface area contributed by atoms with E-state index < -0.39 is 0 Å². The van der Waals surface area contributed by atoms with Gasteiger partial charge in [0.05, 0.1) is 16.7 Å².